The Morgan fingerprint density at radius 3 is 2.86 bits per heavy atom. The maximum absolute atomic E-state index is 11.5. The van der Waals surface area contributed by atoms with Crippen LogP contribution in [0.1, 0.15) is 13.3 Å². The Bertz CT molecular complexity index is 245. The lowest BCUT2D eigenvalue weighted by molar-refractivity contribution is -0.142. The van der Waals surface area contributed by atoms with Crippen molar-refractivity contribution in [3.63, 3.8) is 0 Å². The number of piperazine rings is 1. The van der Waals surface area contributed by atoms with Gasteiger partial charge in [-0.05, 0) is 6.42 Å². The number of alkyl halides is 2. The Labute approximate surface area is 92.5 Å². The van der Waals surface area contributed by atoms with Crippen LogP contribution in [0.3, 0.4) is 0 Å². The Kier molecular flexibility index (Phi) is 4.01. The second kappa shape index (κ2) is 4.84. The minimum atomic E-state index is -1.09. The molecule has 0 aromatic rings. The van der Waals surface area contributed by atoms with Gasteiger partial charge in [-0.25, -0.2) is 0 Å². The fourth-order valence-corrected chi connectivity index (χ4v) is 1.76. The van der Waals surface area contributed by atoms with Crippen molar-refractivity contribution in [3.05, 3.63) is 0 Å². The SMILES string of the molecule is CCC1C(=O)NCCN1C(=O)C(Cl)Cl. The van der Waals surface area contributed by atoms with Gasteiger partial charge in [-0.1, -0.05) is 30.1 Å². The van der Waals surface area contributed by atoms with Gasteiger partial charge in [-0.3, -0.25) is 9.59 Å². The van der Waals surface area contributed by atoms with Crippen molar-refractivity contribution in [2.75, 3.05) is 13.1 Å². The van der Waals surface area contributed by atoms with Gasteiger partial charge in [0.05, 0.1) is 0 Å². The molecule has 6 heteroatoms. The van der Waals surface area contributed by atoms with Crippen LogP contribution in [0.25, 0.3) is 0 Å². The molecule has 1 saturated heterocycles. The highest BCUT2D eigenvalue weighted by Crippen LogP contribution is 2.14. The maximum atomic E-state index is 11.5. The first kappa shape index (κ1) is 11.6. The molecule has 4 nitrogen and oxygen atoms in total. The molecule has 0 saturated carbocycles. The quantitative estimate of drug-likeness (QED) is 0.714. The van der Waals surface area contributed by atoms with E-state index >= 15 is 0 Å². The summed E-state index contributed by atoms with van der Waals surface area (Å²) in [5.74, 6) is -0.531. The number of carbonyl (C=O) groups excluding carboxylic acids is 2. The number of hydrogen-bond acceptors (Lipinski definition) is 2. The molecule has 1 unspecified atom stereocenters. The molecule has 1 aliphatic rings. The highest BCUT2D eigenvalue weighted by Gasteiger charge is 2.33. The Hall–Kier alpha value is -0.480. The molecule has 0 aromatic heterocycles. The molecule has 1 fully saturated rings. The van der Waals surface area contributed by atoms with Gasteiger partial charge < -0.3 is 10.2 Å². The van der Waals surface area contributed by atoms with Crippen LogP contribution >= 0.6 is 23.2 Å². The molecule has 0 bridgehead atoms. The van der Waals surface area contributed by atoms with E-state index in [-0.39, 0.29) is 5.91 Å². The molecular formula is C8H12Cl2N2O2. The third kappa shape index (κ3) is 2.30. The number of halogens is 2. The topological polar surface area (TPSA) is 49.4 Å². The van der Waals surface area contributed by atoms with Gasteiger partial charge in [0.15, 0.2) is 4.84 Å². The highest BCUT2D eigenvalue weighted by molar-refractivity contribution is 6.53. The molecule has 1 N–H and O–H groups in total. The Balaban J connectivity index is 2.74. The largest absolute Gasteiger partial charge is 0.353 e. The summed E-state index contributed by atoms with van der Waals surface area (Å²) in [6.07, 6.45) is 0.568. The molecule has 1 heterocycles. The first-order valence-electron chi connectivity index (χ1n) is 4.44. The summed E-state index contributed by atoms with van der Waals surface area (Å²) in [6.45, 7) is 2.77. The third-order valence-electron chi connectivity index (χ3n) is 2.19. The predicted octanol–water partition coefficient (Wildman–Crippen LogP) is 0.527. The van der Waals surface area contributed by atoms with E-state index in [0.29, 0.717) is 19.5 Å². The second-order valence-corrected chi connectivity index (χ2v) is 4.14. The van der Waals surface area contributed by atoms with E-state index in [1.807, 2.05) is 6.92 Å². The van der Waals surface area contributed by atoms with E-state index < -0.39 is 16.8 Å². The van der Waals surface area contributed by atoms with Crippen molar-refractivity contribution >= 4 is 35.0 Å². The predicted molar refractivity (Wildman–Crippen MR) is 54.3 cm³/mol. The van der Waals surface area contributed by atoms with Crippen LogP contribution in [0.5, 0.6) is 0 Å². The van der Waals surface area contributed by atoms with E-state index in [1.54, 1.807) is 0 Å². The normalized spacial score (nSPS) is 22.4. The monoisotopic (exact) mass is 238 g/mol. The van der Waals surface area contributed by atoms with Crippen molar-refractivity contribution in [1.29, 1.82) is 0 Å². The second-order valence-electron chi connectivity index (χ2n) is 3.05. The first-order valence-corrected chi connectivity index (χ1v) is 5.31. The third-order valence-corrected chi connectivity index (χ3v) is 2.56. The molecule has 1 aliphatic heterocycles. The summed E-state index contributed by atoms with van der Waals surface area (Å²) in [7, 11) is 0. The van der Waals surface area contributed by atoms with E-state index in [2.05, 4.69) is 5.32 Å². The molecule has 0 radical (unpaired) electrons. The fraction of sp³-hybridized carbons (Fsp3) is 0.750. The van der Waals surface area contributed by atoms with Crippen molar-refractivity contribution in [2.24, 2.45) is 0 Å². The molecule has 2 amide bonds. The summed E-state index contributed by atoms with van der Waals surface area (Å²) in [6, 6.07) is -0.434. The lowest BCUT2D eigenvalue weighted by Crippen LogP contribution is -2.57. The molecule has 0 spiro atoms. The minimum absolute atomic E-state index is 0.138. The summed E-state index contributed by atoms with van der Waals surface area (Å²) >= 11 is 10.9. The van der Waals surface area contributed by atoms with E-state index in [4.69, 9.17) is 23.2 Å². The van der Waals surface area contributed by atoms with E-state index in [1.165, 1.54) is 4.90 Å². The van der Waals surface area contributed by atoms with Crippen LogP contribution in [0.2, 0.25) is 0 Å². The average Bonchev–Trinajstić information content (AvgIpc) is 2.16. The minimum Gasteiger partial charge on any atom is -0.353 e. The maximum Gasteiger partial charge on any atom is 0.256 e. The van der Waals surface area contributed by atoms with Crippen LogP contribution in [0, 0.1) is 0 Å². The summed E-state index contributed by atoms with van der Waals surface area (Å²) < 4.78 is 0. The molecule has 80 valence electrons. The van der Waals surface area contributed by atoms with Gasteiger partial charge in [0.25, 0.3) is 5.91 Å². The van der Waals surface area contributed by atoms with Gasteiger partial charge in [0.1, 0.15) is 6.04 Å². The fourth-order valence-electron chi connectivity index (χ4n) is 1.51. The van der Waals surface area contributed by atoms with Crippen LogP contribution in [0.4, 0.5) is 0 Å². The number of nitrogens with zero attached hydrogens (tertiary/aromatic N) is 1. The number of amides is 2. The van der Waals surface area contributed by atoms with Crippen LogP contribution < -0.4 is 5.32 Å². The van der Waals surface area contributed by atoms with Gasteiger partial charge >= 0.3 is 0 Å². The van der Waals surface area contributed by atoms with Crippen molar-refractivity contribution in [3.8, 4) is 0 Å². The zero-order chi connectivity index (χ0) is 10.7. The molecular weight excluding hydrogens is 227 g/mol. The van der Waals surface area contributed by atoms with Gasteiger partial charge in [-0.15, -0.1) is 0 Å². The lowest BCUT2D eigenvalue weighted by Gasteiger charge is -2.34. The Morgan fingerprint density at radius 2 is 2.36 bits per heavy atom. The van der Waals surface area contributed by atoms with Gasteiger partial charge in [0, 0.05) is 13.1 Å². The highest BCUT2D eigenvalue weighted by atomic mass is 35.5. The van der Waals surface area contributed by atoms with Crippen molar-refractivity contribution in [2.45, 2.75) is 24.2 Å². The summed E-state index contributed by atoms with van der Waals surface area (Å²) in [5, 5.41) is 2.69. The zero-order valence-corrected chi connectivity index (χ0v) is 9.31. The zero-order valence-electron chi connectivity index (χ0n) is 7.80. The van der Waals surface area contributed by atoms with Crippen LogP contribution in [0.15, 0.2) is 0 Å². The van der Waals surface area contributed by atoms with Gasteiger partial charge in [-0.2, -0.15) is 0 Å². The first-order chi connectivity index (χ1) is 6.57. The number of rotatable bonds is 2. The van der Waals surface area contributed by atoms with Crippen molar-refractivity contribution in [1.82, 2.24) is 10.2 Å². The van der Waals surface area contributed by atoms with Crippen LogP contribution in [-0.4, -0.2) is 40.7 Å². The van der Waals surface area contributed by atoms with E-state index in [0.717, 1.165) is 0 Å². The van der Waals surface area contributed by atoms with Gasteiger partial charge in [0.2, 0.25) is 5.91 Å². The average molecular weight is 239 g/mol. The molecule has 1 rings (SSSR count). The molecule has 1 atom stereocenters. The number of carbonyl (C=O) groups is 2. The van der Waals surface area contributed by atoms with Crippen molar-refractivity contribution < 1.29 is 9.59 Å². The Morgan fingerprint density at radius 1 is 1.71 bits per heavy atom. The number of nitrogens with one attached hydrogen (secondary N) is 1. The smallest absolute Gasteiger partial charge is 0.256 e. The lowest BCUT2D eigenvalue weighted by atomic mass is 10.1. The molecule has 14 heavy (non-hydrogen) atoms. The standard InChI is InChI=1S/C8H12Cl2N2O2/c1-2-5-7(13)11-3-4-12(5)8(14)6(9)10/h5-6H,2-4H2,1H3,(H,11,13). The molecule has 0 aliphatic carbocycles. The number of hydrogen-bond donors (Lipinski definition) is 1. The van der Waals surface area contributed by atoms with Crippen LogP contribution in [-0.2, 0) is 9.59 Å². The van der Waals surface area contributed by atoms with E-state index in [9.17, 15) is 9.59 Å². The molecule has 0 aromatic carbocycles. The summed E-state index contributed by atoms with van der Waals surface area (Å²) in [4.78, 5) is 23.2. The summed E-state index contributed by atoms with van der Waals surface area (Å²) in [5.41, 5.74) is 0.